The molecular formula is C31H27N5O4. The Bertz CT molecular complexity index is 1870. The highest BCUT2D eigenvalue weighted by Gasteiger charge is 2.44. The second-order valence-corrected chi connectivity index (χ2v) is 11.0. The Labute approximate surface area is 230 Å². The second kappa shape index (κ2) is 8.87. The van der Waals surface area contributed by atoms with E-state index in [1.807, 2.05) is 54.6 Å². The van der Waals surface area contributed by atoms with Crippen molar-refractivity contribution in [3.8, 4) is 28.9 Å². The average molecular weight is 534 g/mol. The Morgan fingerprint density at radius 3 is 2.62 bits per heavy atom. The van der Waals surface area contributed by atoms with Crippen molar-refractivity contribution in [3.63, 3.8) is 0 Å². The van der Waals surface area contributed by atoms with Gasteiger partial charge in [-0.15, -0.1) is 5.10 Å². The number of carbonyl (C=O) groups is 1. The molecule has 0 amide bonds. The zero-order chi connectivity index (χ0) is 27.6. The molecule has 0 bridgehead atoms. The molecule has 40 heavy (non-hydrogen) atoms. The van der Waals surface area contributed by atoms with Crippen molar-refractivity contribution in [1.82, 2.24) is 24.6 Å². The Balaban J connectivity index is 1.45. The third-order valence-electron chi connectivity index (χ3n) is 7.63. The van der Waals surface area contributed by atoms with Gasteiger partial charge in [0.1, 0.15) is 17.8 Å². The van der Waals surface area contributed by atoms with E-state index in [1.165, 1.54) is 0 Å². The Morgan fingerprint density at radius 1 is 0.975 bits per heavy atom. The Hall–Kier alpha value is -4.79. The molecule has 2 aromatic carbocycles. The molecule has 0 radical (unpaired) electrons. The van der Waals surface area contributed by atoms with Crippen molar-refractivity contribution in [2.75, 3.05) is 14.2 Å². The van der Waals surface area contributed by atoms with Gasteiger partial charge in [0.15, 0.2) is 22.9 Å². The lowest BCUT2D eigenvalue weighted by Gasteiger charge is -2.37. The van der Waals surface area contributed by atoms with E-state index in [4.69, 9.17) is 29.3 Å². The summed E-state index contributed by atoms with van der Waals surface area (Å²) >= 11 is 0. The molecule has 4 heterocycles. The lowest BCUT2D eigenvalue weighted by atomic mass is 9.70. The van der Waals surface area contributed by atoms with Crippen LogP contribution in [0, 0.1) is 5.41 Å². The van der Waals surface area contributed by atoms with Crippen LogP contribution in [0.5, 0.6) is 17.4 Å². The first kappa shape index (κ1) is 24.3. The zero-order valence-electron chi connectivity index (χ0n) is 22.6. The summed E-state index contributed by atoms with van der Waals surface area (Å²) in [6.07, 6.45) is 2.64. The molecule has 7 rings (SSSR count). The lowest BCUT2D eigenvalue weighted by molar-refractivity contribution is -0.118. The summed E-state index contributed by atoms with van der Waals surface area (Å²) in [4.78, 5) is 28.1. The highest BCUT2D eigenvalue weighted by molar-refractivity contribution is 6.00. The molecular weight excluding hydrogens is 506 g/mol. The highest BCUT2D eigenvalue weighted by Crippen LogP contribution is 2.51. The van der Waals surface area contributed by atoms with Crippen LogP contribution in [-0.2, 0) is 4.79 Å². The summed E-state index contributed by atoms with van der Waals surface area (Å²) < 4.78 is 19.1. The zero-order valence-corrected chi connectivity index (χ0v) is 22.6. The number of rotatable bonds is 4. The summed E-state index contributed by atoms with van der Waals surface area (Å²) in [6, 6.07) is 17.5. The number of hydrogen-bond acceptors (Lipinski definition) is 8. The number of para-hydroxylation sites is 1. The number of Topliss-reactive ketones (excluding diaryl/α,β-unsaturated/α-hetero) is 1. The van der Waals surface area contributed by atoms with Crippen LogP contribution < -0.4 is 14.2 Å². The van der Waals surface area contributed by atoms with Gasteiger partial charge < -0.3 is 14.2 Å². The number of ketones is 1. The first-order valence-electron chi connectivity index (χ1n) is 13.1. The first-order valence-corrected chi connectivity index (χ1v) is 13.1. The smallest absolute Gasteiger partial charge is 0.228 e. The topological polar surface area (TPSA) is 101 Å². The number of allylic oxidation sites excluding steroid dienone is 2. The maximum atomic E-state index is 13.7. The number of hydrogen-bond donors (Lipinski definition) is 0. The third-order valence-corrected chi connectivity index (χ3v) is 7.63. The predicted octanol–water partition coefficient (Wildman–Crippen LogP) is 5.52. The van der Waals surface area contributed by atoms with Gasteiger partial charge in [-0.2, -0.15) is 0 Å². The van der Waals surface area contributed by atoms with Crippen molar-refractivity contribution in [2.45, 2.75) is 32.6 Å². The lowest BCUT2D eigenvalue weighted by Crippen LogP contribution is -2.33. The predicted molar refractivity (Wildman–Crippen MR) is 149 cm³/mol. The van der Waals surface area contributed by atoms with Gasteiger partial charge in [0, 0.05) is 23.8 Å². The minimum atomic E-state index is -0.472. The molecule has 0 saturated carbocycles. The monoisotopic (exact) mass is 533 g/mol. The number of benzene rings is 2. The van der Waals surface area contributed by atoms with Gasteiger partial charge >= 0.3 is 0 Å². The quantitative estimate of drug-likeness (QED) is 0.298. The number of aromatic nitrogens is 5. The fourth-order valence-corrected chi connectivity index (χ4v) is 5.81. The van der Waals surface area contributed by atoms with E-state index in [1.54, 1.807) is 25.1 Å². The molecule has 5 aromatic rings. The van der Waals surface area contributed by atoms with E-state index in [9.17, 15) is 4.79 Å². The van der Waals surface area contributed by atoms with Gasteiger partial charge in [-0.1, -0.05) is 44.2 Å². The van der Waals surface area contributed by atoms with E-state index in [0.29, 0.717) is 64.3 Å². The van der Waals surface area contributed by atoms with Gasteiger partial charge in [0.05, 0.1) is 31.2 Å². The SMILES string of the molecule is COc1ccc(C2C3=C(CC(C)(C)CC3=O)Oc3ncn4nc(-c5ccc6ccccc6n5)nc4c32)cc1OC. The van der Waals surface area contributed by atoms with Crippen LogP contribution in [0.3, 0.4) is 0 Å². The molecule has 9 heteroatoms. The van der Waals surface area contributed by atoms with E-state index < -0.39 is 5.92 Å². The standard InChI is InChI=1S/C31H27N5O4/c1-31(2)14-21(37)26-24(15-31)40-30-27(25(26)18-10-12-22(38-3)23(13-18)39-4)29-34-28(35-36(29)16-32-30)20-11-9-17-7-5-6-8-19(17)33-20/h5-13,16,25H,14-15H2,1-4H3. The molecule has 0 fully saturated rings. The van der Waals surface area contributed by atoms with Gasteiger partial charge in [-0.05, 0) is 35.2 Å². The largest absolute Gasteiger partial charge is 0.493 e. The summed E-state index contributed by atoms with van der Waals surface area (Å²) in [7, 11) is 3.19. The van der Waals surface area contributed by atoms with Gasteiger partial charge in [0.2, 0.25) is 11.7 Å². The Morgan fingerprint density at radius 2 is 1.80 bits per heavy atom. The number of carbonyl (C=O) groups excluding carboxylic acids is 1. The molecule has 0 N–H and O–H groups in total. The van der Waals surface area contributed by atoms with Gasteiger partial charge in [0.25, 0.3) is 0 Å². The van der Waals surface area contributed by atoms with Crippen molar-refractivity contribution in [2.24, 2.45) is 5.41 Å². The van der Waals surface area contributed by atoms with Crippen LogP contribution in [0.4, 0.5) is 0 Å². The molecule has 0 spiro atoms. The van der Waals surface area contributed by atoms with Crippen LogP contribution in [0.2, 0.25) is 0 Å². The minimum absolute atomic E-state index is 0.0506. The van der Waals surface area contributed by atoms with Crippen molar-refractivity contribution >= 4 is 22.3 Å². The van der Waals surface area contributed by atoms with E-state index >= 15 is 0 Å². The second-order valence-electron chi connectivity index (χ2n) is 11.0. The molecule has 1 aliphatic carbocycles. The molecule has 1 unspecified atom stereocenters. The number of nitrogens with zero attached hydrogens (tertiary/aromatic N) is 5. The molecule has 9 nitrogen and oxygen atoms in total. The molecule has 200 valence electrons. The molecule has 0 saturated heterocycles. The normalized spacial score (nSPS) is 17.9. The maximum Gasteiger partial charge on any atom is 0.228 e. The van der Waals surface area contributed by atoms with Gasteiger partial charge in [-0.3, -0.25) is 4.79 Å². The summed E-state index contributed by atoms with van der Waals surface area (Å²) in [5, 5.41) is 5.75. The number of methoxy groups -OCH3 is 2. The van der Waals surface area contributed by atoms with Crippen molar-refractivity contribution in [3.05, 3.63) is 83.4 Å². The van der Waals surface area contributed by atoms with Crippen LogP contribution in [0.1, 0.15) is 43.7 Å². The number of fused-ring (bicyclic) bond motifs is 4. The summed E-state index contributed by atoms with van der Waals surface area (Å²) in [6.45, 7) is 4.16. The maximum absolute atomic E-state index is 13.7. The van der Waals surface area contributed by atoms with Crippen molar-refractivity contribution in [1.29, 1.82) is 0 Å². The van der Waals surface area contributed by atoms with Crippen LogP contribution in [0.15, 0.2) is 72.3 Å². The fourth-order valence-electron chi connectivity index (χ4n) is 5.81. The minimum Gasteiger partial charge on any atom is -0.493 e. The molecule has 1 aliphatic heterocycles. The van der Waals surface area contributed by atoms with E-state index in [0.717, 1.165) is 16.5 Å². The summed E-state index contributed by atoms with van der Waals surface area (Å²) in [5.74, 6) is 2.29. The van der Waals surface area contributed by atoms with Gasteiger partial charge in [-0.25, -0.2) is 19.5 Å². The summed E-state index contributed by atoms with van der Waals surface area (Å²) in [5.41, 5.74) is 4.00. The van der Waals surface area contributed by atoms with E-state index in [-0.39, 0.29) is 11.2 Å². The van der Waals surface area contributed by atoms with Crippen LogP contribution in [-0.4, -0.2) is 44.6 Å². The third kappa shape index (κ3) is 3.80. The van der Waals surface area contributed by atoms with Crippen molar-refractivity contribution < 1.29 is 19.0 Å². The Kier molecular flexibility index (Phi) is 5.38. The van der Waals surface area contributed by atoms with Crippen LogP contribution >= 0.6 is 0 Å². The first-order chi connectivity index (χ1) is 19.3. The molecule has 3 aromatic heterocycles. The molecule has 2 aliphatic rings. The number of pyridine rings is 1. The van der Waals surface area contributed by atoms with E-state index in [2.05, 4.69) is 18.8 Å². The van der Waals surface area contributed by atoms with Crippen LogP contribution in [0.25, 0.3) is 28.1 Å². The molecule has 1 atom stereocenters. The fraction of sp³-hybridized carbons (Fsp3) is 0.258. The highest BCUT2D eigenvalue weighted by atomic mass is 16.5. The average Bonchev–Trinajstić information content (AvgIpc) is 3.39. The number of ether oxygens (including phenoxy) is 3.